The van der Waals surface area contributed by atoms with E-state index in [2.05, 4.69) is 0 Å². The van der Waals surface area contributed by atoms with Crippen molar-refractivity contribution >= 4 is 5.97 Å². The van der Waals surface area contributed by atoms with Crippen LogP contribution >= 0.6 is 0 Å². The molecular formula is C6H10N2O4. The van der Waals surface area contributed by atoms with Crippen molar-refractivity contribution in [2.75, 3.05) is 0 Å². The molecule has 0 aromatic heterocycles. The maximum Gasteiger partial charge on any atom is 0.320 e. The minimum absolute atomic E-state index is 0.133. The first-order chi connectivity index (χ1) is 5.52. The second kappa shape index (κ2) is 3.06. The molecule has 6 nitrogen and oxygen atoms in total. The SMILES string of the molecule is NC(C[C@@H]1C[C@H]1[N+](=O)[O-])C(=O)O. The zero-order valence-corrected chi connectivity index (χ0v) is 6.34. The van der Waals surface area contributed by atoms with Gasteiger partial charge in [0.15, 0.2) is 0 Å². The van der Waals surface area contributed by atoms with Crippen LogP contribution in [0, 0.1) is 16.0 Å². The van der Waals surface area contributed by atoms with Crippen LogP contribution in [0.25, 0.3) is 0 Å². The summed E-state index contributed by atoms with van der Waals surface area (Å²) in [5.74, 6) is -1.23. The molecule has 0 aliphatic heterocycles. The molecule has 68 valence electrons. The Hall–Kier alpha value is -1.17. The smallest absolute Gasteiger partial charge is 0.320 e. The molecule has 0 radical (unpaired) electrons. The van der Waals surface area contributed by atoms with Crippen LogP contribution in [0.1, 0.15) is 12.8 Å². The summed E-state index contributed by atoms with van der Waals surface area (Å²) in [7, 11) is 0. The van der Waals surface area contributed by atoms with Gasteiger partial charge in [0, 0.05) is 17.3 Å². The van der Waals surface area contributed by atoms with E-state index in [9.17, 15) is 14.9 Å². The molecule has 1 aliphatic carbocycles. The maximum absolute atomic E-state index is 10.2. The number of carbonyl (C=O) groups is 1. The van der Waals surface area contributed by atoms with E-state index in [1.807, 2.05) is 0 Å². The number of hydrogen-bond acceptors (Lipinski definition) is 4. The molecule has 0 spiro atoms. The van der Waals surface area contributed by atoms with Crippen molar-refractivity contribution in [1.82, 2.24) is 0 Å². The Bertz CT molecular complexity index is 218. The Morgan fingerprint density at radius 2 is 2.42 bits per heavy atom. The summed E-state index contributed by atoms with van der Waals surface area (Å²) >= 11 is 0. The Balaban J connectivity index is 2.27. The van der Waals surface area contributed by atoms with Crippen LogP contribution in [0.2, 0.25) is 0 Å². The fourth-order valence-electron chi connectivity index (χ4n) is 1.17. The largest absolute Gasteiger partial charge is 0.480 e. The molecule has 0 aromatic carbocycles. The van der Waals surface area contributed by atoms with Gasteiger partial charge in [-0.2, -0.15) is 0 Å². The van der Waals surface area contributed by atoms with Gasteiger partial charge in [-0.25, -0.2) is 0 Å². The zero-order chi connectivity index (χ0) is 9.30. The first kappa shape index (κ1) is 8.92. The van der Waals surface area contributed by atoms with E-state index in [0.717, 1.165) is 0 Å². The van der Waals surface area contributed by atoms with Gasteiger partial charge in [0.2, 0.25) is 6.04 Å². The van der Waals surface area contributed by atoms with Crippen LogP contribution in [0.5, 0.6) is 0 Å². The molecule has 12 heavy (non-hydrogen) atoms. The topological polar surface area (TPSA) is 106 Å². The first-order valence-electron chi connectivity index (χ1n) is 3.64. The lowest BCUT2D eigenvalue weighted by Gasteiger charge is -2.02. The number of carboxylic acid groups (broad SMARTS) is 1. The second-order valence-electron chi connectivity index (χ2n) is 3.03. The van der Waals surface area contributed by atoms with Crippen LogP contribution in [0.15, 0.2) is 0 Å². The van der Waals surface area contributed by atoms with Gasteiger partial charge < -0.3 is 10.8 Å². The minimum atomic E-state index is -1.09. The van der Waals surface area contributed by atoms with Crippen molar-refractivity contribution < 1.29 is 14.8 Å². The lowest BCUT2D eigenvalue weighted by atomic mass is 10.1. The van der Waals surface area contributed by atoms with Gasteiger partial charge in [-0.05, 0) is 6.42 Å². The summed E-state index contributed by atoms with van der Waals surface area (Å²) in [5.41, 5.74) is 5.20. The molecule has 1 unspecified atom stereocenters. The number of nitro groups is 1. The van der Waals surface area contributed by atoms with E-state index < -0.39 is 18.1 Å². The molecule has 3 atom stereocenters. The summed E-state index contributed by atoms with van der Waals surface area (Å²) < 4.78 is 0. The second-order valence-corrected chi connectivity index (χ2v) is 3.03. The van der Waals surface area contributed by atoms with E-state index in [1.165, 1.54) is 0 Å². The Morgan fingerprint density at radius 1 is 1.83 bits per heavy atom. The number of aliphatic carboxylic acids is 1. The van der Waals surface area contributed by atoms with Crippen molar-refractivity contribution in [2.45, 2.75) is 24.9 Å². The summed E-state index contributed by atoms with van der Waals surface area (Å²) in [4.78, 5) is 20.0. The van der Waals surface area contributed by atoms with Gasteiger partial charge in [0.05, 0.1) is 0 Å². The van der Waals surface area contributed by atoms with Gasteiger partial charge >= 0.3 is 5.97 Å². The number of rotatable bonds is 4. The highest BCUT2D eigenvalue weighted by Gasteiger charge is 2.49. The lowest BCUT2D eigenvalue weighted by molar-refractivity contribution is -0.498. The van der Waals surface area contributed by atoms with Crippen LogP contribution < -0.4 is 5.73 Å². The van der Waals surface area contributed by atoms with Crippen molar-refractivity contribution in [2.24, 2.45) is 11.7 Å². The van der Waals surface area contributed by atoms with Gasteiger partial charge in [0.1, 0.15) is 6.04 Å². The Morgan fingerprint density at radius 3 is 2.75 bits per heavy atom. The summed E-state index contributed by atoms with van der Waals surface area (Å²) in [6.07, 6.45) is 0.676. The molecule has 0 bridgehead atoms. The zero-order valence-electron chi connectivity index (χ0n) is 6.34. The van der Waals surface area contributed by atoms with Crippen LogP contribution in [-0.2, 0) is 4.79 Å². The molecule has 3 N–H and O–H groups in total. The standard InChI is InChI=1S/C6H10N2O4/c7-4(6(9)10)1-3-2-5(3)8(11)12/h3-5H,1-2,7H2,(H,9,10)/t3-,4?,5-/m1/s1. The van der Waals surface area contributed by atoms with Crippen molar-refractivity contribution in [1.29, 1.82) is 0 Å². The van der Waals surface area contributed by atoms with E-state index in [4.69, 9.17) is 10.8 Å². The Labute approximate surface area is 68.5 Å². The van der Waals surface area contributed by atoms with Crippen LogP contribution in [-0.4, -0.2) is 28.1 Å². The predicted octanol–water partition coefficient (Wildman–Crippen LogP) is -0.546. The molecule has 6 heteroatoms. The van der Waals surface area contributed by atoms with E-state index in [1.54, 1.807) is 0 Å². The molecular weight excluding hydrogens is 164 g/mol. The monoisotopic (exact) mass is 174 g/mol. The maximum atomic E-state index is 10.2. The highest BCUT2D eigenvalue weighted by Crippen LogP contribution is 2.36. The lowest BCUT2D eigenvalue weighted by Crippen LogP contribution is -2.31. The number of nitrogens with zero attached hydrogens (tertiary/aromatic N) is 1. The quantitative estimate of drug-likeness (QED) is 0.439. The molecule has 1 fully saturated rings. The van der Waals surface area contributed by atoms with Gasteiger partial charge in [-0.15, -0.1) is 0 Å². The Kier molecular flexibility index (Phi) is 2.27. The predicted molar refractivity (Wildman–Crippen MR) is 39.1 cm³/mol. The molecule has 0 saturated heterocycles. The van der Waals surface area contributed by atoms with Crippen molar-refractivity contribution in [3.05, 3.63) is 10.1 Å². The molecule has 1 rings (SSSR count). The first-order valence-corrected chi connectivity index (χ1v) is 3.64. The molecule has 0 aromatic rings. The highest BCUT2D eigenvalue weighted by molar-refractivity contribution is 5.73. The number of hydrogen-bond donors (Lipinski definition) is 2. The number of nitrogens with two attached hydrogens (primary N) is 1. The van der Waals surface area contributed by atoms with Crippen LogP contribution in [0.3, 0.4) is 0 Å². The van der Waals surface area contributed by atoms with Gasteiger partial charge in [-0.3, -0.25) is 14.9 Å². The minimum Gasteiger partial charge on any atom is -0.480 e. The third-order valence-corrected chi connectivity index (χ3v) is 2.03. The van der Waals surface area contributed by atoms with E-state index in [-0.39, 0.29) is 17.3 Å². The van der Waals surface area contributed by atoms with Crippen molar-refractivity contribution in [3.8, 4) is 0 Å². The molecule has 0 heterocycles. The van der Waals surface area contributed by atoms with Crippen molar-refractivity contribution in [3.63, 3.8) is 0 Å². The molecule has 1 aliphatic rings. The van der Waals surface area contributed by atoms with Gasteiger partial charge in [0.25, 0.3) is 0 Å². The fraction of sp³-hybridized carbons (Fsp3) is 0.833. The molecule has 0 amide bonds. The third-order valence-electron chi connectivity index (χ3n) is 2.03. The average molecular weight is 174 g/mol. The fourth-order valence-corrected chi connectivity index (χ4v) is 1.17. The normalized spacial score (nSPS) is 29.4. The summed E-state index contributed by atoms with van der Waals surface area (Å²) in [6.45, 7) is 0. The third kappa shape index (κ3) is 1.91. The average Bonchev–Trinajstić information content (AvgIpc) is 2.67. The molecule has 1 saturated carbocycles. The summed E-state index contributed by atoms with van der Waals surface area (Å²) in [5, 5.41) is 18.5. The number of carboxylic acids is 1. The van der Waals surface area contributed by atoms with E-state index in [0.29, 0.717) is 6.42 Å². The van der Waals surface area contributed by atoms with Crippen LogP contribution in [0.4, 0.5) is 0 Å². The summed E-state index contributed by atoms with van der Waals surface area (Å²) in [6, 6.07) is -1.52. The highest BCUT2D eigenvalue weighted by atomic mass is 16.6. The van der Waals surface area contributed by atoms with Gasteiger partial charge in [-0.1, -0.05) is 0 Å². The van der Waals surface area contributed by atoms with E-state index >= 15 is 0 Å².